The van der Waals surface area contributed by atoms with Gasteiger partial charge in [0.25, 0.3) is 0 Å². The van der Waals surface area contributed by atoms with E-state index in [0.717, 1.165) is 24.8 Å². The number of hydrogen-bond donors (Lipinski definition) is 0. The van der Waals surface area contributed by atoms with Gasteiger partial charge in [-0.3, -0.25) is 4.90 Å². The van der Waals surface area contributed by atoms with E-state index in [4.69, 9.17) is 14.2 Å². The molecule has 0 saturated carbocycles. The van der Waals surface area contributed by atoms with Crippen LogP contribution in [0.15, 0.2) is 30.3 Å². The summed E-state index contributed by atoms with van der Waals surface area (Å²) in [4.78, 5) is 14.5. The first-order valence-electron chi connectivity index (χ1n) is 9.46. The predicted molar refractivity (Wildman–Crippen MR) is 98.6 cm³/mol. The fourth-order valence-electron chi connectivity index (χ4n) is 4.05. The van der Waals surface area contributed by atoms with E-state index in [9.17, 15) is 4.79 Å². The third kappa shape index (κ3) is 3.51. The summed E-state index contributed by atoms with van der Waals surface area (Å²) < 4.78 is 16.7. The second-order valence-corrected chi connectivity index (χ2v) is 8.28. The number of carbonyl (C=O) groups excluding carboxylic acids is 1. The van der Waals surface area contributed by atoms with Crippen molar-refractivity contribution in [2.75, 3.05) is 13.2 Å². The number of benzene rings is 1. The number of rotatable bonds is 2. The molecule has 0 spiro atoms. The van der Waals surface area contributed by atoms with Crippen molar-refractivity contribution in [2.45, 2.75) is 64.0 Å². The van der Waals surface area contributed by atoms with Crippen LogP contribution in [-0.2, 0) is 14.2 Å². The van der Waals surface area contributed by atoms with E-state index in [2.05, 4.69) is 30.3 Å². The van der Waals surface area contributed by atoms with Gasteiger partial charge in [-0.2, -0.15) is 0 Å². The standard InChI is InChI=1S/C21H27NO4/c1-21(2,3)26-20(23)22-17-8-9-18(22)13-16(12-17)14-4-6-15(7-5-14)19-24-10-11-25-19/h4-7,12,17-19H,8-11,13H2,1-3H3. The minimum Gasteiger partial charge on any atom is -0.444 e. The lowest BCUT2D eigenvalue weighted by Crippen LogP contribution is -2.45. The average Bonchev–Trinajstić information content (AvgIpc) is 3.20. The Labute approximate surface area is 154 Å². The maximum absolute atomic E-state index is 12.6. The lowest BCUT2D eigenvalue weighted by molar-refractivity contribution is -0.0441. The first-order chi connectivity index (χ1) is 12.4. The van der Waals surface area contributed by atoms with E-state index in [1.807, 2.05) is 25.7 Å². The van der Waals surface area contributed by atoms with Gasteiger partial charge in [0.2, 0.25) is 0 Å². The lowest BCUT2D eigenvalue weighted by atomic mass is 9.94. The summed E-state index contributed by atoms with van der Waals surface area (Å²) in [6, 6.07) is 8.79. The smallest absolute Gasteiger partial charge is 0.411 e. The van der Waals surface area contributed by atoms with Gasteiger partial charge in [-0.05, 0) is 51.2 Å². The van der Waals surface area contributed by atoms with Gasteiger partial charge < -0.3 is 14.2 Å². The topological polar surface area (TPSA) is 48.0 Å². The van der Waals surface area contributed by atoms with Crippen molar-refractivity contribution in [1.29, 1.82) is 0 Å². The zero-order valence-corrected chi connectivity index (χ0v) is 15.7. The number of nitrogens with zero attached hydrogens (tertiary/aromatic N) is 1. The van der Waals surface area contributed by atoms with Gasteiger partial charge in [-0.15, -0.1) is 0 Å². The normalized spacial score (nSPS) is 26.1. The Balaban J connectivity index is 1.49. The molecule has 3 aliphatic heterocycles. The van der Waals surface area contributed by atoms with E-state index in [-0.39, 0.29) is 24.5 Å². The number of carbonyl (C=O) groups is 1. The van der Waals surface area contributed by atoms with E-state index in [1.54, 1.807) is 0 Å². The van der Waals surface area contributed by atoms with Crippen LogP contribution in [0.25, 0.3) is 5.57 Å². The molecule has 2 bridgehead atoms. The molecule has 0 aromatic heterocycles. The van der Waals surface area contributed by atoms with Gasteiger partial charge in [0.15, 0.2) is 6.29 Å². The average molecular weight is 357 g/mol. The van der Waals surface area contributed by atoms with Gasteiger partial charge in [-0.25, -0.2) is 4.79 Å². The molecule has 0 N–H and O–H groups in total. The number of fused-ring (bicyclic) bond motifs is 2. The molecular weight excluding hydrogens is 330 g/mol. The molecule has 3 aliphatic rings. The first-order valence-corrected chi connectivity index (χ1v) is 9.46. The van der Waals surface area contributed by atoms with Gasteiger partial charge in [-0.1, -0.05) is 30.3 Å². The van der Waals surface area contributed by atoms with Crippen LogP contribution in [0.4, 0.5) is 4.79 Å². The highest BCUT2D eigenvalue weighted by molar-refractivity contribution is 5.75. The third-order valence-corrected chi connectivity index (χ3v) is 5.18. The largest absolute Gasteiger partial charge is 0.444 e. The van der Waals surface area contributed by atoms with Gasteiger partial charge in [0.1, 0.15) is 5.60 Å². The first kappa shape index (κ1) is 17.6. The molecule has 2 fully saturated rings. The molecule has 0 radical (unpaired) electrons. The molecule has 2 atom stereocenters. The van der Waals surface area contributed by atoms with Crippen LogP contribution in [0.5, 0.6) is 0 Å². The van der Waals surface area contributed by atoms with Crippen LogP contribution in [-0.4, -0.2) is 41.9 Å². The highest BCUT2D eigenvalue weighted by Gasteiger charge is 2.41. The van der Waals surface area contributed by atoms with Crippen LogP contribution >= 0.6 is 0 Å². The Morgan fingerprint density at radius 1 is 1.12 bits per heavy atom. The highest BCUT2D eigenvalue weighted by Crippen LogP contribution is 2.39. The van der Waals surface area contributed by atoms with E-state index < -0.39 is 5.60 Å². The Hall–Kier alpha value is -1.85. The van der Waals surface area contributed by atoms with Crippen molar-refractivity contribution in [3.8, 4) is 0 Å². The van der Waals surface area contributed by atoms with Crippen LogP contribution in [0.2, 0.25) is 0 Å². The van der Waals surface area contributed by atoms with Crippen LogP contribution in [0, 0.1) is 0 Å². The molecular formula is C21H27NO4. The zero-order chi connectivity index (χ0) is 18.3. The summed E-state index contributed by atoms with van der Waals surface area (Å²) in [5, 5.41) is 0. The molecule has 26 heavy (non-hydrogen) atoms. The quantitative estimate of drug-likeness (QED) is 0.792. The van der Waals surface area contributed by atoms with E-state index >= 15 is 0 Å². The van der Waals surface area contributed by atoms with Crippen molar-refractivity contribution in [3.63, 3.8) is 0 Å². The summed E-state index contributed by atoms with van der Waals surface area (Å²) in [5.74, 6) is 0. The molecule has 5 heteroatoms. The molecule has 5 nitrogen and oxygen atoms in total. The third-order valence-electron chi connectivity index (χ3n) is 5.18. The summed E-state index contributed by atoms with van der Waals surface area (Å²) in [6.07, 6.45) is 4.74. The zero-order valence-electron chi connectivity index (χ0n) is 15.7. The molecule has 1 amide bonds. The number of ether oxygens (including phenoxy) is 3. The molecule has 0 aliphatic carbocycles. The molecule has 3 heterocycles. The Morgan fingerprint density at radius 2 is 1.81 bits per heavy atom. The summed E-state index contributed by atoms with van der Waals surface area (Å²) >= 11 is 0. The maximum Gasteiger partial charge on any atom is 0.411 e. The Morgan fingerprint density at radius 3 is 2.42 bits per heavy atom. The van der Waals surface area contributed by atoms with Gasteiger partial charge >= 0.3 is 6.09 Å². The van der Waals surface area contributed by atoms with Crippen LogP contribution < -0.4 is 0 Å². The Bertz CT molecular complexity index is 698. The van der Waals surface area contributed by atoms with E-state index in [0.29, 0.717) is 13.2 Å². The predicted octanol–water partition coefficient (Wildman–Crippen LogP) is 4.29. The van der Waals surface area contributed by atoms with Crippen molar-refractivity contribution < 1.29 is 19.0 Å². The number of amides is 1. The van der Waals surface area contributed by atoms with Crippen LogP contribution in [0.1, 0.15) is 57.5 Å². The van der Waals surface area contributed by atoms with Crippen molar-refractivity contribution >= 4 is 11.7 Å². The molecule has 1 aromatic carbocycles. The summed E-state index contributed by atoms with van der Waals surface area (Å²) in [7, 11) is 0. The second-order valence-electron chi connectivity index (χ2n) is 8.28. The molecule has 4 rings (SSSR count). The molecule has 1 aromatic rings. The fraction of sp³-hybridized carbons (Fsp3) is 0.571. The summed E-state index contributed by atoms with van der Waals surface area (Å²) in [5.41, 5.74) is 3.13. The molecule has 140 valence electrons. The van der Waals surface area contributed by atoms with E-state index in [1.165, 1.54) is 11.1 Å². The minimum absolute atomic E-state index is 0.139. The summed E-state index contributed by atoms with van der Waals surface area (Å²) in [6.45, 7) is 7.05. The minimum atomic E-state index is -0.458. The second kappa shape index (κ2) is 6.71. The Kier molecular flexibility index (Phi) is 4.53. The van der Waals surface area contributed by atoms with Crippen molar-refractivity contribution in [3.05, 3.63) is 41.5 Å². The number of hydrogen-bond acceptors (Lipinski definition) is 4. The van der Waals surface area contributed by atoms with Gasteiger partial charge in [0, 0.05) is 11.6 Å². The van der Waals surface area contributed by atoms with Gasteiger partial charge in [0.05, 0.1) is 19.3 Å². The molecule has 2 unspecified atom stereocenters. The SMILES string of the molecule is CC(C)(C)OC(=O)N1C2C=C(c3ccc(C4OCCO4)cc3)CC1CC2. The van der Waals surface area contributed by atoms with Crippen molar-refractivity contribution in [1.82, 2.24) is 4.90 Å². The highest BCUT2D eigenvalue weighted by atomic mass is 16.7. The van der Waals surface area contributed by atoms with Crippen LogP contribution in [0.3, 0.4) is 0 Å². The monoisotopic (exact) mass is 357 g/mol. The van der Waals surface area contributed by atoms with Crippen molar-refractivity contribution in [2.24, 2.45) is 0 Å². The maximum atomic E-state index is 12.6. The fourth-order valence-corrected chi connectivity index (χ4v) is 4.05. The molecule has 2 saturated heterocycles. The lowest BCUT2D eigenvalue weighted by Gasteiger charge is -2.35.